The Morgan fingerprint density at radius 3 is 2.62 bits per heavy atom. The molecule has 4 N–H and O–H groups in total. The number of nitrogens with zero attached hydrogens (tertiary/aromatic N) is 3. The number of hydrogen-bond donors (Lipinski definition) is 4. The monoisotopic (exact) mass is 409 g/mol. The molecular formula is C18H22F3N7O. The highest BCUT2D eigenvalue weighted by Gasteiger charge is 2.29. The Hall–Kier alpha value is -2.92. The normalized spacial score (nSPS) is 15.9. The molecule has 1 aromatic carbocycles. The van der Waals surface area contributed by atoms with Crippen molar-refractivity contribution in [3.8, 4) is 6.01 Å². The molecule has 0 fully saturated rings. The third-order valence-electron chi connectivity index (χ3n) is 3.83. The van der Waals surface area contributed by atoms with Gasteiger partial charge < -0.3 is 26.0 Å². The van der Waals surface area contributed by atoms with Gasteiger partial charge >= 0.3 is 12.2 Å². The fourth-order valence-corrected chi connectivity index (χ4v) is 2.56. The highest BCUT2D eigenvalue weighted by Crippen LogP contribution is 2.20. The average Bonchev–Trinajstić information content (AvgIpc) is 2.65. The van der Waals surface area contributed by atoms with Gasteiger partial charge in [-0.05, 0) is 23.3 Å². The van der Waals surface area contributed by atoms with Crippen LogP contribution in [-0.2, 0) is 6.54 Å². The lowest BCUT2D eigenvalue weighted by atomic mass is 10.2. The summed E-state index contributed by atoms with van der Waals surface area (Å²) in [5, 5.41) is 12.5. The molecular weight excluding hydrogens is 387 g/mol. The van der Waals surface area contributed by atoms with E-state index in [1.165, 1.54) is 0 Å². The topological polar surface area (TPSA) is 96.0 Å². The molecule has 1 aromatic heterocycles. The third kappa shape index (κ3) is 7.20. The predicted molar refractivity (Wildman–Crippen MR) is 103 cm³/mol. The zero-order valence-electron chi connectivity index (χ0n) is 15.6. The first-order chi connectivity index (χ1) is 13.9. The van der Waals surface area contributed by atoms with E-state index in [1.54, 1.807) is 0 Å². The van der Waals surface area contributed by atoms with Crippen molar-refractivity contribution < 1.29 is 17.9 Å². The summed E-state index contributed by atoms with van der Waals surface area (Å²) in [7, 11) is 0. The summed E-state index contributed by atoms with van der Waals surface area (Å²) in [5.74, 6) is 0.198. The Kier molecular flexibility index (Phi) is 6.83. The van der Waals surface area contributed by atoms with Crippen LogP contribution < -0.4 is 26.0 Å². The van der Waals surface area contributed by atoms with E-state index < -0.39 is 18.8 Å². The van der Waals surface area contributed by atoms with Gasteiger partial charge in [-0.1, -0.05) is 18.7 Å². The number of nitrogens with one attached hydrogen (secondary N) is 4. The molecule has 0 spiro atoms. The van der Waals surface area contributed by atoms with Crippen molar-refractivity contribution >= 4 is 17.6 Å². The molecule has 156 valence electrons. The average molecular weight is 409 g/mol. The molecule has 29 heavy (non-hydrogen) atoms. The van der Waals surface area contributed by atoms with Crippen molar-refractivity contribution in [2.75, 3.05) is 43.4 Å². The smallest absolute Gasteiger partial charge is 0.422 e. The van der Waals surface area contributed by atoms with E-state index in [4.69, 9.17) is 4.74 Å². The van der Waals surface area contributed by atoms with Crippen molar-refractivity contribution in [1.82, 2.24) is 25.6 Å². The minimum absolute atomic E-state index is 0.0817. The van der Waals surface area contributed by atoms with Gasteiger partial charge in [0, 0.05) is 38.4 Å². The van der Waals surface area contributed by atoms with Crippen LogP contribution >= 0.6 is 0 Å². The second-order valence-corrected chi connectivity index (χ2v) is 6.45. The summed E-state index contributed by atoms with van der Waals surface area (Å²) in [4.78, 5) is 12.0. The van der Waals surface area contributed by atoms with Gasteiger partial charge in [-0.2, -0.15) is 28.1 Å². The molecule has 3 rings (SSSR count). The summed E-state index contributed by atoms with van der Waals surface area (Å²) in [6.45, 7) is 5.54. The van der Waals surface area contributed by atoms with Crippen LogP contribution in [0, 0.1) is 0 Å². The van der Waals surface area contributed by atoms with Crippen LogP contribution in [0.2, 0.25) is 0 Å². The molecule has 0 saturated heterocycles. The van der Waals surface area contributed by atoms with Crippen LogP contribution in [0.4, 0.5) is 30.8 Å². The predicted octanol–water partition coefficient (Wildman–Crippen LogP) is 2.22. The van der Waals surface area contributed by atoms with Gasteiger partial charge in [-0.3, -0.25) is 0 Å². The van der Waals surface area contributed by atoms with Crippen molar-refractivity contribution in [3.05, 3.63) is 42.0 Å². The Morgan fingerprint density at radius 2 is 1.79 bits per heavy atom. The van der Waals surface area contributed by atoms with Gasteiger partial charge in [0.25, 0.3) is 0 Å². The van der Waals surface area contributed by atoms with Crippen molar-refractivity contribution in [2.24, 2.45) is 0 Å². The molecule has 11 heteroatoms. The SMILES string of the molecule is C=C1CNCCNc2nc(nc(OCC(F)(F)F)n2)Nc2cccc(c2)CNC1. The van der Waals surface area contributed by atoms with E-state index in [1.807, 2.05) is 24.3 Å². The van der Waals surface area contributed by atoms with E-state index in [9.17, 15) is 13.2 Å². The zero-order valence-corrected chi connectivity index (χ0v) is 15.6. The first kappa shape index (κ1) is 20.8. The van der Waals surface area contributed by atoms with E-state index in [-0.39, 0.29) is 11.9 Å². The second kappa shape index (κ2) is 9.52. The Bertz CT molecular complexity index is 844. The molecule has 0 saturated carbocycles. The quantitative estimate of drug-likeness (QED) is 0.561. The number of halogens is 3. The summed E-state index contributed by atoms with van der Waals surface area (Å²) < 4.78 is 42.1. The molecule has 0 radical (unpaired) electrons. The summed E-state index contributed by atoms with van der Waals surface area (Å²) in [6, 6.07) is 7.11. The maximum atomic E-state index is 12.5. The lowest BCUT2D eigenvalue weighted by Crippen LogP contribution is -2.28. The minimum Gasteiger partial charge on any atom is -0.454 e. The number of alkyl halides is 3. The molecule has 0 amide bonds. The van der Waals surface area contributed by atoms with E-state index in [2.05, 4.69) is 42.8 Å². The van der Waals surface area contributed by atoms with Crippen molar-refractivity contribution in [3.63, 3.8) is 0 Å². The molecule has 4 bridgehead atoms. The van der Waals surface area contributed by atoms with Gasteiger partial charge in [0.05, 0.1) is 0 Å². The fraction of sp³-hybridized carbons (Fsp3) is 0.389. The molecule has 2 aromatic rings. The van der Waals surface area contributed by atoms with Gasteiger partial charge in [-0.15, -0.1) is 0 Å². The number of anilines is 3. The molecule has 8 nitrogen and oxygen atoms in total. The number of rotatable bonds is 2. The molecule has 2 heterocycles. The maximum Gasteiger partial charge on any atom is 0.422 e. The molecule has 0 unspecified atom stereocenters. The Balaban J connectivity index is 1.83. The number of aromatic nitrogens is 3. The van der Waals surface area contributed by atoms with Crippen LogP contribution in [0.15, 0.2) is 36.4 Å². The molecule has 1 aliphatic heterocycles. The molecule has 0 aliphatic carbocycles. The number of ether oxygens (including phenoxy) is 1. The number of hydrogen-bond acceptors (Lipinski definition) is 8. The summed E-state index contributed by atoms with van der Waals surface area (Å²) in [5.41, 5.74) is 2.72. The second-order valence-electron chi connectivity index (χ2n) is 6.45. The van der Waals surface area contributed by atoms with Gasteiger partial charge in [0.1, 0.15) is 0 Å². The third-order valence-corrected chi connectivity index (χ3v) is 3.83. The van der Waals surface area contributed by atoms with Crippen LogP contribution in [-0.4, -0.2) is 53.9 Å². The zero-order chi connectivity index (χ0) is 20.7. The van der Waals surface area contributed by atoms with Gasteiger partial charge in [-0.25, -0.2) is 0 Å². The van der Waals surface area contributed by atoms with Crippen LogP contribution in [0.1, 0.15) is 5.56 Å². The molecule has 1 aliphatic rings. The van der Waals surface area contributed by atoms with Crippen LogP contribution in [0.5, 0.6) is 6.01 Å². The van der Waals surface area contributed by atoms with Crippen molar-refractivity contribution in [1.29, 1.82) is 0 Å². The highest BCUT2D eigenvalue weighted by molar-refractivity contribution is 5.55. The summed E-state index contributed by atoms with van der Waals surface area (Å²) >= 11 is 0. The first-order valence-corrected chi connectivity index (χ1v) is 9.01. The van der Waals surface area contributed by atoms with E-state index >= 15 is 0 Å². The number of fused-ring (bicyclic) bond motifs is 4. The van der Waals surface area contributed by atoms with Gasteiger partial charge in [0.15, 0.2) is 6.61 Å². The lowest BCUT2D eigenvalue weighted by Gasteiger charge is -2.14. The highest BCUT2D eigenvalue weighted by atomic mass is 19.4. The van der Waals surface area contributed by atoms with Crippen LogP contribution in [0.25, 0.3) is 0 Å². The van der Waals surface area contributed by atoms with Crippen molar-refractivity contribution in [2.45, 2.75) is 12.7 Å². The first-order valence-electron chi connectivity index (χ1n) is 9.01. The Labute approximate surface area is 166 Å². The van der Waals surface area contributed by atoms with E-state index in [0.29, 0.717) is 38.4 Å². The lowest BCUT2D eigenvalue weighted by molar-refractivity contribution is -0.154. The van der Waals surface area contributed by atoms with Gasteiger partial charge in [0.2, 0.25) is 11.9 Å². The standard InChI is InChI=1S/C18H22F3N7O/c1-12-8-22-5-6-24-15-26-16(28-17(27-15)29-11-18(19,20)21)25-14-4-2-3-13(7-14)10-23-9-12/h2-4,7,22-23H,1,5-6,8-11H2,(H2,24,25,26,27,28). The maximum absolute atomic E-state index is 12.5. The largest absolute Gasteiger partial charge is 0.454 e. The number of benzene rings is 1. The summed E-state index contributed by atoms with van der Waals surface area (Å²) in [6.07, 6.45) is -4.49. The Morgan fingerprint density at radius 1 is 1.00 bits per heavy atom. The molecule has 0 atom stereocenters. The minimum atomic E-state index is -4.49. The van der Waals surface area contributed by atoms with Crippen LogP contribution in [0.3, 0.4) is 0 Å². The fourth-order valence-electron chi connectivity index (χ4n) is 2.56. The van der Waals surface area contributed by atoms with E-state index in [0.717, 1.165) is 11.1 Å².